The Morgan fingerprint density at radius 1 is 1.11 bits per heavy atom. The molecule has 2 aromatic rings. The second-order valence-electron chi connectivity index (χ2n) is 7.38. The SMILES string of the molecule is CN1[C@H]2CC[C@@H]1[C@H](c1ccccc1C=NO)[C@@H](c1ccc(Cl)c(Cl)c1)C2.Cl. The summed E-state index contributed by atoms with van der Waals surface area (Å²) < 4.78 is 0. The zero-order chi connectivity index (χ0) is 18.3. The molecule has 2 aliphatic heterocycles. The molecule has 2 fully saturated rings. The quantitative estimate of drug-likeness (QED) is 0.374. The first-order chi connectivity index (χ1) is 12.6. The number of fused-ring (bicyclic) bond motifs is 2. The lowest BCUT2D eigenvalue weighted by atomic mass is 9.72. The lowest BCUT2D eigenvalue weighted by Crippen LogP contribution is -2.44. The Hall–Kier alpha value is -1.26. The van der Waals surface area contributed by atoms with Crippen molar-refractivity contribution in [3.63, 3.8) is 0 Å². The minimum atomic E-state index is 0. The Kier molecular flexibility index (Phi) is 6.37. The van der Waals surface area contributed by atoms with Crippen LogP contribution in [-0.2, 0) is 0 Å². The maximum Gasteiger partial charge on any atom is 0.0736 e. The van der Waals surface area contributed by atoms with E-state index in [1.807, 2.05) is 24.3 Å². The number of piperidine rings is 1. The predicted molar refractivity (Wildman–Crippen MR) is 114 cm³/mol. The summed E-state index contributed by atoms with van der Waals surface area (Å²) in [6.07, 6.45) is 5.06. The van der Waals surface area contributed by atoms with Crippen molar-refractivity contribution in [3.8, 4) is 0 Å². The number of likely N-dealkylation sites (N-methyl/N-ethyl adjacent to an activating group) is 1. The van der Waals surface area contributed by atoms with Crippen molar-refractivity contribution >= 4 is 41.8 Å². The fourth-order valence-electron chi connectivity index (χ4n) is 4.97. The van der Waals surface area contributed by atoms with Crippen LogP contribution in [-0.4, -0.2) is 35.5 Å². The van der Waals surface area contributed by atoms with Gasteiger partial charge >= 0.3 is 0 Å². The lowest BCUT2D eigenvalue weighted by Gasteiger charge is -2.44. The smallest absolute Gasteiger partial charge is 0.0736 e. The molecule has 0 aromatic heterocycles. The van der Waals surface area contributed by atoms with Crippen molar-refractivity contribution in [2.75, 3.05) is 7.05 Å². The predicted octanol–water partition coefficient (Wildman–Crippen LogP) is 5.96. The third kappa shape index (κ3) is 3.71. The van der Waals surface area contributed by atoms with E-state index < -0.39 is 0 Å². The first kappa shape index (κ1) is 20.5. The maximum absolute atomic E-state index is 9.10. The molecule has 27 heavy (non-hydrogen) atoms. The molecule has 0 radical (unpaired) electrons. The molecule has 2 aliphatic rings. The summed E-state index contributed by atoms with van der Waals surface area (Å²) in [5.74, 6) is 0.692. The summed E-state index contributed by atoms with van der Waals surface area (Å²) in [5.41, 5.74) is 3.45. The largest absolute Gasteiger partial charge is 0.411 e. The topological polar surface area (TPSA) is 35.8 Å². The second kappa shape index (κ2) is 8.40. The molecular formula is C21H23Cl3N2O. The third-order valence-electron chi connectivity index (χ3n) is 6.19. The molecule has 1 N–H and O–H groups in total. The highest BCUT2D eigenvalue weighted by atomic mass is 35.5. The Balaban J connectivity index is 0.00000210. The maximum atomic E-state index is 9.10. The Labute approximate surface area is 176 Å². The molecule has 6 heteroatoms. The van der Waals surface area contributed by atoms with Gasteiger partial charge in [-0.25, -0.2) is 0 Å². The summed E-state index contributed by atoms with van der Waals surface area (Å²) in [7, 11) is 2.24. The molecule has 144 valence electrons. The first-order valence-corrected chi connectivity index (χ1v) is 9.79. The number of hydrogen-bond acceptors (Lipinski definition) is 3. The fraction of sp³-hybridized carbons (Fsp3) is 0.381. The Morgan fingerprint density at radius 3 is 2.63 bits per heavy atom. The molecule has 2 heterocycles. The standard InChI is InChI=1S/C21H22Cl2N2O.ClH/c1-25-15-7-9-20(25)21(16-5-3-2-4-14(16)12-24-26)17(11-15)13-6-8-18(22)19(23)10-13;/h2-6,8,10,12,15,17,20-21,26H,7,9,11H2,1H3;1H/t15-,17+,20+,21+;/m0./s1. The summed E-state index contributed by atoms with van der Waals surface area (Å²) in [6, 6.07) is 15.3. The van der Waals surface area contributed by atoms with Crippen molar-refractivity contribution in [3.05, 3.63) is 69.2 Å². The van der Waals surface area contributed by atoms with Gasteiger partial charge < -0.3 is 5.21 Å². The minimum Gasteiger partial charge on any atom is -0.411 e. The van der Waals surface area contributed by atoms with Crippen LogP contribution in [0.3, 0.4) is 0 Å². The normalized spacial score (nSPS) is 27.7. The molecule has 2 bridgehead atoms. The number of oxime groups is 1. The Morgan fingerprint density at radius 2 is 1.89 bits per heavy atom. The van der Waals surface area contributed by atoms with Crippen molar-refractivity contribution in [2.24, 2.45) is 5.16 Å². The van der Waals surface area contributed by atoms with E-state index in [1.165, 1.54) is 24.0 Å². The van der Waals surface area contributed by atoms with Crippen LogP contribution in [0.1, 0.15) is 47.8 Å². The van der Waals surface area contributed by atoms with Crippen molar-refractivity contribution in [1.29, 1.82) is 0 Å². The monoisotopic (exact) mass is 424 g/mol. The van der Waals surface area contributed by atoms with Gasteiger partial charge in [0.25, 0.3) is 0 Å². The van der Waals surface area contributed by atoms with E-state index in [4.69, 9.17) is 28.4 Å². The van der Waals surface area contributed by atoms with Crippen LogP contribution in [0.2, 0.25) is 10.0 Å². The first-order valence-electron chi connectivity index (χ1n) is 9.03. The van der Waals surface area contributed by atoms with E-state index in [-0.39, 0.29) is 12.4 Å². The van der Waals surface area contributed by atoms with Crippen LogP contribution >= 0.6 is 35.6 Å². The van der Waals surface area contributed by atoms with Crippen molar-refractivity contribution < 1.29 is 5.21 Å². The van der Waals surface area contributed by atoms with Crippen LogP contribution in [0.5, 0.6) is 0 Å². The van der Waals surface area contributed by atoms with Crippen LogP contribution in [0.25, 0.3) is 0 Å². The highest BCUT2D eigenvalue weighted by Crippen LogP contribution is 2.51. The lowest BCUT2D eigenvalue weighted by molar-refractivity contribution is 0.137. The zero-order valence-electron chi connectivity index (χ0n) is 15.1. The van der Waals surface area contributed by atoms with Gasteiger partial charge in [0.05, 0.1) is 16.3 Å². The van der Waals surface area contributed by atoms with E-state index in [2.05, 4.69) is 35.3 Å². The van der Waals surface area contributed by atoms with E-state index >= 15 is 0 Å². The minimum absolute atomic E-state index is 0. The molecule has 0 aliphatic carbocycles. The fourth-order valence-corrected chi connectivity index (χ4v) is 5.28. The molecule has 2 saturated heterocycles. The molecule has 0 amide bonds. The van der Waals surface area contributed by atoms with Crippen molar-refractivity contribution in [2.45, 2.75) is 43.2 Å². The van der Waals surface area contributed by atoms with E-state index in [0.717, 1.165) is 12.0 Å². The number of rotatable bonds is 3. The average molecular weight is 426 g/mol. The van der Waals surface area contributed by atoms with Crippen LogP contribution in [0.15, 0.2) is 47.6 Å². The molecule has 0 unspecified atom stereocenters. The van der Waals surface area contributed by atoms with Crippen molar-refractivity contribution in [1.82, 2.24) is 4.90 Å². The van der Waals surface area contributed by atoms with Gasteiger partial charge in [0, 0.05) is 18.0 Å². The number of hydrogen-bond donors (Lipinski definition) is 1. The van der Waals surface area contributed by atoms with Crippen LogP contribution in [0.4, 0.5) is 0 Å². The van der Waals surface area contributed by atoms with Gasteiger partial charge in [-0.3, -0.25) is 4.90 Å². The van der Waals surface area contributed by atoms with Gasteiger partial charge in [0.1, 0.15) is 0 Å². The van der Waals surface area contributed by atoms with E-state index in [0.29, 0.717) is 34.0 Å². The van der Waals surface area contributed by atoms with Gasteiger partial charge in [-0.1, -0.05) is 58.7 Å². The summed E-state index contributed by atoms with van der Waals surface area (Å²) in [6.45, 7) is 0. The third-order valence-corrected chi connectivity index (χ3v) is 6.93. The summed E-state index contributed by atoms with van der Waals surface area (Å²) in [4.78, 5) is 2.53. The zero-order valence-corrected chi connectivity index (χ0v) is 17.4. The Bertz CT molecular complexity index is 842. The second-order valence-corrected chi connectivity index (χ2v) is 8.19. The highest BCUT2D eigenvalue weighted by Gasteiger charge is 2.46. The molecule has 3 nitrogen and oxygen atoms in total. The molecule has 4 atom stereocenters. The van der Waals surface area contributed by atoms with Gasteiger partial charge in [0.2, 0.25) is 0 Å². The van der Waals surface area contributed by atoms with Gasteiger partial charge in [0.15, 0.2) is 0 Å². The van der Waals surface area contributed by atoms with Gasteiger partial charge in [-0.05, 0) is 61.1 Å². The molecule has 0 spiro atoms. The summed E-state index contributed by atoms with van der Waals surface area (Å²) in [5, 5.41) is 13.6. The molecule has 2 aromatic carbocycles. The van der Waals surface area contributed by atoms with Gasteiger partial charge in [-0.15, -0.1) is 12.4 Å². The average Bonchev–Trinajstić information content (AvgIpc) is 2.88. The summed E-state index contributed by atoms with van der Waals surface area (Å²) >= 11 is 12.5. The van der Waals surface area contributed by atoms with Crippen LogP contribution in [0, 0.1) is 0 Å². The van der Waals surface area contributed by atoms with Gasteiger partial charge in [-0.2, -0.15) is 0 Å². The molecule has 0 saturated carbocycles. The van der Waals surface area contributed by atoms with E-state index in [1.54, 1.807) is 6.21 Å². The number of benzene rings is 2. The number of halogens is 3. The van der Waals surface area contributed by atoms with E-state index in [9.17, 15) is 0 Å². The van der Waals surface area contributed by atoms with Crippen LogP contribution < -0.4 is 0 Å². The molecular weight excluding hydrogens is 403 g/mol. The molecule has 4 rings (SSSR count). The highest BCUT2D eigenvalue weighted by molar-refractivity contribution is 6.42. The number of nitrogens with zero attached hydrogens (tertiary/aromatic N) is 2.